The minimum absolute atomic E-state index is 0.0742. The van der Waals surface area contributed by atoms with Gasteiger partial charge in [-0.05, 0) is 30.2 Å². The summed E-state index contributed by atoms with van der Waals surface area (Å²) in [6.07, 6.45) is -1.41. The first-order valence-corrected chi connectivity index (χ1v) is 6.81. The van der Waals surface area contributed by atoms with Gasteiger partial charge in [-0.1, -0.05) is 42.5 Å². The van der Waals surface area contributed by atoms with E-state index in [4.69, 9.17) is 20.7 Å². The Kier molecular flexibility index (Phi) is 7.08. The van der Waals surface area contributed by atoms with Crippen LogP contribution in [0.4, 0.5) is 0 Å². The fraction of sp³-hybridized carbons (Fsp3) is 0.235. The standard InChI is InChI=1S/C9H13NO.C8H8O3/c1-7(10)8-4-3-5-9(6-8)11-2;9-7(8(10)11)6-4-2-1-3-5-6/h3-7H,10H2,1-2H3;1-5,7,9H,(H,10,11)/t2*7-/m00/s1. The van der Waals surface area contributed by atoms with Crippen molar-refractivity contribution >= 4 is 5.97 Å². The fourth-order valence-corrected chi connectivity index (χ4v) is 1.70. The second-order valence-electron chi connectivity index (χ2n) is 4.72. The summed E-state index contributed by atoms with van der Waals surface area (Å²) in [7, 11) is 1.65. The van der Waals surface area contributed by atoms with Crippen LogP contribution in [0.1, 0.15) is 30.2 Å². The minimum Gasteiger partial charge on any atom is -0.497 e. The molecule has 5 heteroatoms. The third-order valence-electron chi connectivity index (χ3n) is 2.97. The second-order valence-corrected chi connectivity index (χ2v) is 4.72. The predicted octanol–water partition coefficient (Wildman–Crippen LogP) is 2.52. The number of carbonyl (C=O) groups is 1. The molecule has 4 N–H and O–H groups in total. The number of carboxylic acid groups (broad SMARTS) is 1. The first-order chi connectivity index (χ1) is 10.5. The van der Waals surface area contributed by atoms with Crippen LogP contribution in [-0.2, 0) is 4.79 Å². The first-order valence-electron chi connectivity index (χ1n) is 6.81. The van der Waals surface area contributed by atoms with Gasteiger partial charge in [-0.2, -0.15) is 0 Å². The number of rotatable bonds is 4. The number of hydrogen-bond acceptors (Lipinski definition) is 4. The topological polar surface area (TPSA) is 92.8 Å². The van der Waals surface area contributed by atoms with Crippen molar-refractivity contribution in [1.29, 1.82) is 0 Å². The maximum Gasteiger partial charge on any atom is 0.337 e. The molecule has 0 aromatic heterocycles. The number of benzene rings is 2. The maximum absolute atomic E-state index is 10.2. The van der Waals surface area contributed by atoms with Crippen molar-refractivity contribution in [3.63, 3.8) is 0 Å². The zero-order valence-electron chi connectivity index (χ0n) is 12.6. The molecular weight excluding hydrogens is 282 g/mol. The molecule has 0 aliphatic rings. The summed E-state index contributed by atoms with van der Waals surface area (Å²) in [4.78, 5) is 10.2. The molecule has 0 aliphatic heterocycles. The molecule has 0 bridgehead atoms. The molecule has 0 heterocycles. The molecule has 2 aromatic carbocycles. The number of ether oxygens (including phenoxy) is 1. The molecular formula is C17H21NO4. The Balaban J connectivity index is 0.000000220. The van der Waals surface area contributed by atoms with E-state index >= 15 is 0 Å². The zero-order chi connectivity index (χ0) is 16.5. The Bertz CT molecular complexity index is 584. The lowest BCUT2D eigenvalue weighted by Gasteiger charge is -2.06. The van der Waals surface area contributed by atoms with Gasteiger partial charge in [-0.15, -0.1) is 0 Å². The Hall–Kier alpha value is -2.37. The normalized spacial score (nSPS) is 12.5. The summed E-state index contributed by atoms with van der Waals surface area (Å²) in [6, 6.07) is 16.1. The Morgan fingerprint density at radius 2 is 1.68 bits per heavy atom. The van der Waals surface area contributed by atoms with Crippen LogP contribution in [0.15, 0.2) is 54.6 Å². The zero-order valence-corrected chi connectivity index (χ0v) is 12.6. The van der Waals surface area contributed by atoms with Gasteiger partial charge in [0.05, 0.1) is 7.11 Å². The van der Waals surface area contributed by atoms with Crippen LogP contribution in [0.3, 0.4) is 0 Å². The second kappa shape index (κ2) is 8.81. The number of aliphatic carboxylic acids is 1. The third kappa shape index (κ3) is 5.55. The van der Waals surface area contributed by atoms with Crippen molar-refractivity contribution < 1.29 is 19.7 Å². The van der Waals surface area contributed by atoms with Crippen molar-refractivity contribution in [2.45, 2.75) is 19.1 Å². The van der Waals surface area contributed by atoms with Crippen molar-refractivity contribution in [1.82, 2.24) is 0 Å². The smallest absolute Gasteiger partial charge is 0.337 e. The lowest BCUT2D eigenvalue weighted by atomic mass is 10.1. The van der Waals surface area contributed by atoms with Crippen LogP contribution in [0, 0.1) is 0 Å². The monoisotopic (exact) mass is 303 g/mol. The van der Waals surface area contributed by atoms with Crippen LogP contribution in [-0.4, -0.2) is 23.3 Å². The highest BCUT2D eigenvalue weighted by Crippen LogP contribution is 2.16. The Labute approximate surface area is 130 Å². The van der Waals surface area contributed by atoms with Crippen molar-refractivity contribution in [3.05, 3.63) is 65.7 Å². The lowest BCUT2D eigenvalue weighted by Crippen LogP contribution is -2.09. The van der Waals surface area contributed by atoms with Gasteiger partial charge in [0.1, 0.15) is 5.75 Å². The SMILES string of the molecule is COc1cccc([C@H](C)N)c1.O=C(O)[C@@H](O)c1ccccc1. The number of aliphatic hydroxyl groups is 1. The highest BCUT2D eigenvalue weighted by Gasteiger charge is 2.14. The largest absolute Gasteiger partial charge is 0.497 e. The lowest BCUT2D eigenvalue weighted by molar-refractivity contribution is -0.146. The van der Waals surface area contributed by atoms with E-state index < -0.39 is 12.1 Å². The summed E-state index contributed by atoms with van der Waals surface area (Å²) in [5.41, 5.74) is 7.19. The number of methoxy groups -OCH3 is 1. The predicted molar refractivity (Wildman–Crippen MR) is 84.6 cm³/mol. The van der Waals surface area contributed by atoms with E-state index in [2.05, 4.69) is 0 Å². The minimum atomic E-state index is -1.41. The summed E-state index contributed by atoms with van der Waals surface area (Å²) in [6.45, 7) is 1.95. The molecule has 22 heavy (non-hydrogen) atoms. The van der Waals surface area contributed by atoms with Gasteiger partial charge >= 0.3 is 5.97 Å². The maximum atomic E-state index is 10.2. The van der Waals surface area contributed by atoms with Crippen molar-refractivity contribution in [3.8, 4) is 5.75 Å². The Morgan fingerprint density at radius 1 is 1.09 bits per heavy atom. The highest BCUT2D eigenvalue weighted by molar-refractivity contribution is 5.73. The summed E-state index contributed by atoms with van der Waals surface area (Å²) < 4.78 is 5.05. The third-order valence-corrected chi connectivity index (χ3v) is 2.97. The van der Waals surface area contributed by atoms with E-state index in [0.29, 0.717) is 5.56 Å². The molecule has 0 fully saturated rings. The molecule has 0 aliphatic carbocycles. The number of nitrogens with two attached hydrogens (primary N) is 1. The van der Waals surface area contributed by atoms with E-state index in [1.165, 1.54) is 0 Å². The van der Waals surface area contributed by atoms with Gasteiger partial charge in [-0.3, -0.25) is 0 Å². The van der Waals surface area contributed by atoms with Crippen LogP contribution < -0.4 is 10.5 Å². The number of aliphatic hydroxyl groups excluding tert-OH is 1. The fourth-order valence-electron chi connectivity index (χ4n) is 1.70. The van der Waals surface area contributed by atoms with Crippen molar-refractivity contribution in [2.24, 2.45) is 5.73 Å². The molecule has 2 aromatic rings. The average Bonchev–Trinajstić information content (AvgIpc) is 2.55. The molecule has 5 nitrogen and oxygen atoms in total. The van der Waals surface area contributed by atoms with Gasteiger partial charge < -0.3 is 20.7 Å². The number of hydrogen-bond donors (Lipinski definition) is 3. The summed E-state index contributed by atoms with van der Waals surface area (Å²) in [5, 5.41) is 17.4. The molecule has 0 spiro atoms. The van der Waals surface area contributed by atoms with Crippen LogP contribution >= 0.6 is 0 Å². The molecule has 118 valence electrons. The first kappa shape index (κ1) is 17.7. The van der Waals surface area contributed by atoms with Gasteiger partial charge in [-0.25, -0.2) is 4.79 Å². The van der Waals surface area contributed by atoms with E-state index in [0.717, 1.165) is 11.3 Å². The molecule has 0 saturated carbocycles. The van der Waals surface area contributed by atoms with Gasteiger partial charge in [0.25, 0.3) is 0 Å². The Morgan fingerprint density at radius 3 is 2.18 bits per heavy atom. The van der Waals surface area contributed by atoms with Crippen LogP contribution in [0.2, 0.25) is 0 Å². The van der Waals surface area contributed by atoms with Gasteiger partial charge in [0.2, 0.25) is 0 Å². The average molecular weight is 303 g/mol. The highest BCUT2D eigenvalue weighted by atomic mass is 16.5. The van der Waals surface area contributed by atoms with Gasteiger partial charge in [0.15, 0.2) is 6.10 Å². The quantitative estimate of drug-likeness (QED) is 0.807. The molecule has 2 rings (SSSR count). The van der Waals surface area contributed by atoms with E-state index in [9.17, 15) is 4.79 Å². The summed E-state index contributed by atoms with van der Waals surface area (Å²) >= 11 is 0. The van der Waals surface area contributed by atoms with E-state index in [-0.39, 0.29) is 6.04 Å². The molecule has 2 atom stereocenters. The molecule has 0 saturated heterocycles. The van der Waals surface area contributed by atoms with Crippen LogP contribution in [0.25, 0.3) is 0 Å². The van der Waals surface area contributed by atoms with E-state index in [1.54, 1.807) is 37.4 Å². The van der Waals surface area contributed by atoms with Gasteiger partial charge in [0, 0.05) is 6.04 Å². The van der Waals surface area contributed by atoms with Crippen molar-refractivity contribution in [2.75, 3.05) is 7.11 Å². The summed E-state index contributed by atoms with van der Waals surface area (Å²) in [5.74, 6) is -0.365. The molecule has 0 unspecified atom stereocenters. The van der Waals surface area contributed by atoms with Crippen LogP contribution in [0.5, 0.6) is 5.75 Å². The molecule has 0 amide bonds. The molecule has 0 radical (unpaired) electrons. The van der Waals surface area contributed by atoms with E-state index in [1.807, 2.05) is 31.2 Å². The number of carboxylic acids is 1.